The van der Waals surface area contributed by atoms with Crippen molar-refractivity contribution >= 4 is 44.8 Å². The number of hydrogen-bond acceptors (Lipinski definition) is 5. The van der Waals surface area contributed by atoms with Crippen LogP contribution in [0.15, 0.2) is 36.4 Å². The predicted molar refractivity (Wildman–Crippen MR) is 92.8 cm³/mol. The minimum atomic E-state index is 0.0535. The van der Waals surface area contributed by atoms with Crippen LogP contribution < -0.4 is 4.74 Å². The third-order valence-electron chi connectivity index (χ3n) is 3.22. The standard InChI is InChI=1S/C17H11ClN2O2S/c1-22-15-7-10(2-4-14(15)21)6-11(9-19)17-20-13-8-12(18)3-5-16(13)23-17/h2-8,21H,1H3/b11-6-. The zero-order valence-corrected chi connectivity index (χ0v) is 13.6. The van der Waals surface area contributed by atoms with Gasteiger partial charge >= 0.3 is 0 Å². The molecule has 0 atom stereocenters. The average Bonchev–Trinajstić information content (AvgIpc) is 2.96. The fourth-order valence-electron chi connectivity index (χ4n) is 2.11. The van der Waals surface area contributed by atoms with Gasteiger partial charge < -0.3 is 9.84 Å². The van der Waals surface area contributed by atoms with E-state index in [4.69, 9.17) is 16.3 Å². The number of benzene rings is 2. The number of halogens is 1. The van der Waals surface area contributed by atoms with Gasteiger partial charge in [0, 0.05) is 5.02 Å². The Hall–Kier alpha value is -2.55. The first-order valence-electron chi connectivity index (χ1n) is 6.66. The Morgan fingerprint density at radius 3 is 2.91 bits per heavy atom. The molecule has 0 radical (unpaired) electrons. The Kier molecular flexibility index (Phi) is 4.20. The van der Waals surface area contributed by atoms with Gasteiger partial charge in [-0.05, 0) is 42.0 Å². The van der Waals surface area contributed by atoms with Crippen molar-refractivity contribution in [2.75, 3.05) is 7.11 Å². The van der Waals surface area contributed by atoms with Gasteiger partial charge in [0.25, 0.3) is 0 Å². The number of aromatic hydroxyl groups is 1. The number of nitriles is 1. The monoisotopic (exact) mass is 342 g/mol. The minimum absolute atomic E-state index is 0.0535. The van der Waals surface area contributed by atoms with Crippen LogP contribution in [0.5, 0.6) is 11.5 Å². The van der Waals surface area contributed by atoms with E-state index in [1.807, 2.05) is 6.07 Å². The molecule has 0 saturated heterocycles. The molecule has 2 aromatic carbocycles. The fourth-order valence-corrected chi connectivity index (χ4v) is 3.19. The highest BCUT2D eigenvalue weighted by Crippen LogP contribution is 2.31. The highest BCUT2D eigenvalue weighted by molar-refractivity contribution is 7.19. The third kappa shape index (κ3) is 3.14. The molecule has 0 spiro atoms. The van der Waals surface area contributed by atoms with Crippen molar-refractivity contribution in [2.24, 2.45) is 0 Å². The van der Waals surface area contributed by atoms with Crippen molar-refractivity contribution in [1.82, 2.24) is 4.98 Å². The molecule has 0 saturated carbocycles. The summed E-state index contributed by atoms with van der Waals surface area (Å²) < 4.78 is 6.04. The zero-order chi connectivity index (χ0) is 16.4. The smallest absolute Gasteiger partial charge is 0.161 e. The number of hydrogen-bond donors (Lipinski definition) is 1. The Labute approximate surface area is 141 Å². The molecule has 1 N–H and O–H groups in total. The molecule has 1 aromatic heterocycles. The number of allylic oxidation sites excluding steroid dienone is 1. The zero-order valence-electron chi connectivity index (χ0n) is 12.1. The lowest BCUT2D eigenvalue weighted by atomic mass is 10.1. The second kappa shape index (κ2) is 6.29. The highest BCUT2D eigenvalue weighted by atomic mass is 35.5. The summed E-state index contributed by atoms with van der Waals surface area (Å²) in [5.74, 6) is 0.407. The molecule has 0 unspecified atom stereocenters. The Bertz CT molecular complexity index is 957. The number of phenolic OH excluding ortho intramolecular Hbond substituents is 1. The topological polar surface area (TPSA) is 66.1 Å². The fraction of sp³-hybridized carbons (Fsp3) is 0.0588. The largest absolute Gasteiger partial charge is 0.504 e. The van der Waals surface area contributed by atoms with Gasteiger partial charge in [-0.2, -0.15) is 5.26 Å². The molecular formula is C17H11ClN2O2S. The van der Waals surface area contributed by atoms with Gasteiger partial charge in [0.2, 0.25) is 0 Å². The van der Waals surface area contributed by atoms with Crippen LogP contribution in [0, 0.1) is 11.3 Å². The van der Waals surface area contributed by atoms with E-state index in [0.29, 0.717) is 21.4 Å². The maximum atomic E-state index is 9.63. The van der Waals surface area contributed by atoms with Crippen LogP contribution in [0.25, 0.3) is 21.9 Å². The lowest BCUT2D eigenvalue weighted by molar-refractivity contribution is 0.373. The number of aromatic nitrogens is 1. The third-order valence-corrected chi connectivity index (χ3v) is 4.52. The highest BCUT2D eigenvalue weighted by Gasteiger charge is 2.10. The average molecular weight is 343 g/mol. The van der Waals surface area contributed by atoms with Gasteiger partial charge in [0.05, 0.1) is 22.9 Å². The molecule has 0 amide bonds. The summed E-state index contributed by atoms with van der Waals surface area (Å²) >= 11 is 7.40. The first-order valence-corrected chi connectivity index (χ1v) is 7.85. The van der Waals surface area contributed by atoms with Gasteiger partial charge in [-0.1, -0.05) is 17.7 Å². The first kappa shape index (κ1) is 15.3. The van der Waals surface area contributed by atoms with Crippen LogP contribution in [0.3, 0.4) is 0 Å². The Morgan fingerprint density at radius 1 is 1.35 bits per heavy atom. The number of ether oxygens (including phenoxy) is 1. The van der Waals surface area contributed by atoms with Gasteiger partial charge in [-0.25, -0.2) is 4.98 Å². The normalized spacial score (nSPS) is 11.4. The van der Waals surface area contributed by atoms with E-state index in [9.17, 15) is 10.4 Å². The lowest BCUT2D eigenvalue weighted by Gasteiger charge is -2.04. The molecule has 23 heavy (non-hydrogen) atoms. The molecule has 0 aliphatic rings. The van der Waals surface area contributed by atoms with Crippen molar-refractivity contribution in [3.05, 3.63) is 52.0 Å². The van der Waals surface area contributed by atoms with Crippen LogP contribution in [0.2, 0.25) is 5.02 Å². The summed E-state index contributed by atoms with van der Waals surface area (Å²) in [7, 11) is 1.48. The number of thiazole rings is 1. The molecule has 6 heteroatoms. The van der Waals surface area contributed by atoms with E-state index in [2.05, 4.69) is 11.1 Å². The van der Waals surface area contributed by atoms with Crippen LogP contribution in [0.4, 0.5) is 0 Å². The molecule has 3 aromatic rings. The van der Waals surface area contributed by atoms with Gasteiger partial charge in [-0.15, -0.1) is 11.3 Å². The van der Waals surface area contributed by atoms with Gasteiger partial charge in [0.15, 0.2) is 11.5 Å². The number of fused-ring (bicyclic) bond motifs is 1. The lowest BCUT2D eigenvalue weighted by Crippen LogP contribution is -1.85. The minimum Gasteiger partial charge on any atom is -0.504 e. The van der Waals surface area contributed by atoms with Crippen molar-refractivity contribution in [1.29, 1.82) is 5.26 Å². The summed E-state index contributed by atoms with van der Waals surface area (Å²) in [5.41, 5.74) is 1.95. The van der Waals surface area contributed by atoms with Crippen molar-refractivity contribution in [2.45, 2.75) is 0 Å². The summed E-state index contributed by atoms with van der Waals surface area (Å²) in [6.45, 7) is 0. The molecule has 114 valence electrons. The van der Waals surface area contributed by atoms with Crippen LogP contribution in [-0.4, -0.2) is 17.2 Å². The summed E-state index contributed by atoms with van der Waals surface area (Å²) in [4.78, 5) is 4.46. The first-order chi connectivity index (χ1) is 11.1. The van der Waals surface area contributed by atoms with Gasteiger partial charge in [-0.3, -0.25) is 0 Å². The molecule has 0 aliphatic heterocycles. The molecule has 1 heterocycles. The molecule has 0 bridgehead atoms. The second-order valence-electron chi connectivity index (χ2n) is 4.73. The van der Waals surface area contributed by atoms with E-state index in [0.717, 1.165) is 15.8 Å². The van der Waals surface area contributed by atoms with E-state index in [1.165, 1.54) is 24.5 Å². The Morgan fingerprint density at radius 2 is 2.17 bits per heavy atom. The molecule has 0 fully saturated rings. The van der Waals surface area contributed by atoms with E-state index in [-0.39, 0.29) is 5.75 Å². The van der Waals surface area contributed by atoms with E-state index >= 15 is 0 Å². The van der Waals surface area contributed by atoms with Crippen molar-refractivity contribution < 1.29 is 9.84 Å². The van der Waals surface area contributed by atoms with E-state index < -0.39 is 0 Å². The van der Waals surface area contributed by atoms with Crippen LogP contribution in [-0.2, 0) is 0 Å². The Balaban J connectivity index is 2.05. The molecule has 3 rings (SSSR count). The van der Waals surface area contributed by atoms with Crippen molar-refractivity contribution in [3.8, 4) is 17.6 Å². The molecule has 4 nitrogen and oxygen atoms in total. The summed E-state index contributed by atoms with van der Waals surface area (Å²) in [6, 6.07) is 12.5. The number of nitrogens with zero attached hydrogens (tertiary/aromatic N) is 2. The van der Waals surface area contributed by atoms with Gasteiger partial charge in [0.1, 0.15) is 11.1 Å². The molecule has 0 aliphatic carbocycles. The number of methoxy groups -OCH3 is 1. The number of rotatable bonds is 3. The second-order valence-corrected chi connectivity index (χ2v) is 6.20. The molecular weight excluding hydrogens is 332 g/mol. The quantitative estimate of drug-likeness (QED) is 0.699. The maximum absolute atomic E-state index is 9.63. The predicted octanol–water partition coefficient (Wildman–Crippen LogP) is 4.73. The van der Waals surface area contributed by atoms with Crippen LogP contribution in [0.1, 0.15) is 10.6 Å². The summed E-state index contributed by atoms with van der Waals surface area (Å²) in [6.07, 6.45) is 1.71. The maximum Gasteiger partial charge on any atom is 0.161 e. The summed E-state index contributed by atoms with van der Waals surface area (Å²) in [5, 5.41) is 20.3. The van der Waals surface area contributed by atoms with Crippen LogP contribution >= 0.6 is 22.9 Å². The van der Waals surface area contributed by atoms with Crippen molar-refractivity contribution in [3.63, 3.8) is 0 Å². The SMILES string of the molecule is COc1cc(/C=C(/C#N)c2nc3cc(Cl)ccc3s2)ccc1O. The van der Waals surface area contributed by atoms with E-state index in [1.54, 1.807) is 30.3 Å². The number of phenols is 1.